The van der Waals surface area contributed by atoms with Gasteiger partial charge >= 0.3 is 5.97 Å². The van der Waals surface area contributed by atoms with Gasteiger partial charge in [-0.15, -0.1) is 0 Å². The van der Waals surface area contributed by atoms with Gasteiger partial charge in [0.1, 0.15) is 11.6 Å². The van der Waals surface area contributed by atoms with E-state index in [1.54, 1.807) is 6.07 Å². The average Bonchev–Trinajstić information content (AvgIpc) is 2.95. The molecule has 2 heterocycles. The second kappa shape index (κ2) is 6.44. The highest BCUT2D eigenvalue weighted by Gasteiger charge is 2.26. The highest BCUT2D eigenvalue weighted by molar-refractivity contribution is 5.75. The first kappa shape index (κ1) is 15.0. The normalized spacial score (nSPS) is 19.5. The quantitative estimate of drug-likeness (QED) is 0.883. The molecule has 0 radical (unpaired) electrons. The number of nitrogens with zero attached hydrogens (tertiary/aromatic N) is 2. The van der Waals surface area contributed by atoms with Crippen LogP contribution >= 0.6 is 0 Å². The number of rotatable bonds is 4. The lowest BCUT2D eigenvalue weighted by Crippen LogP contribution is -2.35. The Morgan fingerprint density at radius 3 is 3.18 bits per heavy atom. The Morgan fingerprint density at radius 1 is 1.50 bits per heavy atom. The average molecular weight is 305 g/mol. The Hall–Kier alpha value is -1.95. The number of halogens is 1. The predicted molar refractivity (Wildman–Crippen MR) is 80.8 cm³/mol. The Kier molecular flexibility index (Phi) is 4.38. The number of piperidine rings is 1. The molecule has 3 rings (SSSR count). The van der Waals surface area contributed by atoms with Crippen molar-refractivity contribution in [3.05, 3.63) is 29.8 Å². The molecule has 1 aromatic carbocycles. The van der Waals surface area contributed by atoms with Crippen LogP contribution in [0.4, 0.5) is 4.39 Å². The zero-order valence-electron chi connectivity index (χ0n) is 12.6. The smallest absolute Gasteiger partial charge is 0.306 e. The largest absolute Gasteiger partial charge is 0.469 e. The minimum absolute atomic E-state index is 0.147. The number of hydrogen-bond donors (Lipinski definition) is 1. The lowest BCUT2D eigenvalue weighted by atomic mass is 10.0. The van der Waals surface area contributed by atoms with Crippen LogP contribution < -0.4 is 0 Å². The highest BCUT2D eigenvalue weighted by Crippen LogP contribution is 2.30. The van der Waals surface area contributed by atoms with Crippen molar-refractivity contribution in [3.63, 3.8) is 0 Å². The molecule has 2 aromatic rings. The third-order valence-electron chi connectivity index (χ3n) is 4.22. The van der Waals surface area contributed by atoms with Crippen molar-refractivity contribution in [1.29, 1.82) is 0 Å². The van der Waals surface area contributed by atoms with Crippen molar-refractivity contribution < 1.29 is 13.9 Å². The molecular formula is C16H20FN3O2. The zero-order chi connectivity index (χ0) is 15.5. The highest BCUT2D eigenvalue weighted by atomic mass is 19.1. The Bertz CT molecular complexity index is 670. The molecule has 1 fully saturated rings. The molecule has 0 spiro atoms. The maximum absolute atomic E-state index is 13.3. The number of H-pyrrole nitrogens is 1. The van der Waals surface area contributed by atoms with E-state index in [4.69, 9.17) is 4.74 Å². The second-order valence-electron chi connectivity index (χ2n) is 5.66. The first-order valence-corrected chi connectivity index (χ1v) is 7.63. The molecular weight excluding hydrogens is 285 g/mol. The maximum Gasteiger partial charge on any atom is 0.306 e. The van der Waals surface area contributed by atoms with Gasteiger partial charge in [-0.05, 0) is 37.6 Å². The lowest BCUT2D eigenvalue weighted by molar-refractivity contribution is -0.141. The van der Waals surface area contributed by atoms with E-state index in [1.165, 1.54) is 19.2 Å². The van der Waals surface area contributed by atoms with Gasteiger partial charge in [-0.1, -0.05) is 6.42 Å². The van der Waals surface area contributed by atoms with Gasteiger partial charge in [0.2, 0.25) is 0 Å². The van der Waals surface area contributed by atoms with Crippen LogP contribution in [0.25, 0.3) is 11.0 Å². The number of fused-ring (bicyclic) bond motifs is 1. The summed E-state index contributed by atoms with van der Waals surface area (Å²) in [5, 5.41) is 0. The topological polar surface area (TPSA) is 58.2 Å². The number of nitrogens with one attached hydrogen (secondary N) is 1. The first-order chi connectivity index (χ1) is 10.7. The van der Waals surface area contributed by atoms with Gasteiger partial charge in [-0.2, -0.15) is 0 Å². The van der Waals surface area contributed by atoms with Crippen LogP contribution in [-0.4, -0.2) is 41.0 Å². The molecule has 1 atom stereocenters. The van der Waals surface area contributed by atoms with Crippen LogP contribution in [0.15, 0.2) is 18.2 Å². The molecule has 0 amide bonds. The molecule has 1 aromatic heterocycles. The number of imidazole rings is 1. The van der Waals surface area contributed by atoms with E-state index >= 15 is 0 Å². The zero-order valence-corrected chi connectivity index (χ0v) is 12.6. The molecule has 0 saturated carbocycles. The Labute approximate surface area is 128 Å². The lowest BCUT2D eigenvalue weighted by Gasteiger charge is -2.34. The van der Waals surface area contributed by atoms with Gasteiger partial charge < -0.3 is 9.72 Å². The van der Waals surface area contributed by atoms with Crippen molar-refractivity contribution in [2.24, 2.45) is 0 Å². The SMILES string of the molecule is COC(=O)CCN1CCCC[C@H]1c1nc2ccc(F)cc2[nH]1. The molecule has 22 heavy (non-hydrogen) atoms. The van der Waals surface area contributed by atoms with E-state index in [-0.39, 0.29) is 17.8 Å². The molecule has 6 heteroatoms. The van der Waals surface area contributed by atoms with E-state index in [2.05, 4.69) is 14.9 Å². The molecule has 0 unspecified atom stereocenters. The second-order valence-corrected chi connectivity index (χ2v) is 5.66. The van der Waals surface area contributed by atoms with Gasteiger partial charge in [0, 0.05) is 6.54 Å². The number of likely N-dealkylation sites (tertiary alicyclic amines) is 1. The van der Waals surface area contributed by atoms with Gasteiger partial charge in [-0.3, -0.25) is 9.69 Å². The van der Waals surface area contributed by atoms with Crippen molar-refractivity contribution in [2.45, 2.75) is 31.7 Å². The molecule has 1 aliphatic heterocycles. The van der Waals surface area contributed by atoms with E-state index < -0.39 is 0 Å². The van der Waals surface area contributed by atoms with Crippen molar-refractivity contribution in [3.8, 4) is 0 Å². The summed E-state index contributed by atoms with van der Waals surface area (Å²) < 4.78 is 18.0. The van der Waals surface area contributed by atoms with Crippen LogP contribution in [0, 0.1) is 5.82 Å². The summed E-state index contributed by atoms with van der Waals surface area (Å²) in [6.07, 6.45) is 3.61. The predicted octanol–water partition coefficient (Wildman–Crippen LogP) is 2.79. The summed E-state index contributed by atoms with van der Waals surface area (Å²) in [6.45, 7) is 1.59. The minimum Gasteiger partial charge on any atom is -0.469 e. The van der Waals surface area contributed by atoms with Crippen LogP contribution in [-0.2, 0) is 9.53 Å². The van der Waals surface area contributed by atoms with Crippen molar-refractivity contribution >= 4 is 17.0 Å². The molecule has 118 valence electrons. The van der Waals surface area contributed by atoms with Gasteiger partial charge in [0.15, 0.2) is 0 Å². The van der Waals surface area contributed by atoms with E-state index in [0.717, 1.165) is 37.1 Å². The van der Waals surface area contributed by atoms with Crippen LogP contribution in [0.5, 0.6) is 0 Å². The molecule has 0 bridgehead atoms. The summed E-state index contributed by atoms with van der Waals surface area (Å²) >= 11 is 0. The number of benzene rings is 1. The molecule has 1 N–H and O–H groups in total. The number of carbonyl (C=O) groups is 1. The van der Waals surface area contributed by atoms with Crippen molar-refractivity contribution in [2.75, 3.05) is 20.2 Å². The molecule has 0 aliphatic carbocycles. The summed E-state index contributed by atoms with van der Waals surface area (Å²) in [4.78, 5) is 21.4. The van der Waals surface area contributed by atoms with Gasteiger partial charge in [0.05, 0.1) is 30.6 Å². The summed E-state index contributed by atoms with van der Waals surface area (Å²) in [5.41, 5.74) is 1.49. The van der Waals surface area contributed by atoms with Crippen LogP contribution in [0.1, 0.15) is 37.5 Å². The number of esters is 1. The molecule has 5 nitrogen and oxygen atoms in total. The summed E-state index contributed by atoms with van der Waals surface area (Å²) in [6, 6.07) is 4.72. The third-order valence-corrected chi connectivity index (χ3v) is 4.22. The number of aromatic nitrogens is 2. The number of ether oxygens (including phenoxy) is 1. The summed E-state index contributed by atoms with van der Waals surface area (Å²) in [5.74, 6) is 0.384. The molecule has 1 aliphatic rings. The Balaban J connectivity index is 1.80. The minimum atomic E-state index is -0.270. The summed E-state index contributed by atoms with van der Waals surface area (Å²) in [7, 11) is 1.41. The number of hydrogen-bond acceptors (Lipinski definition) is 4. The van der Waals surface area contributed by atoms with Crippen LogP contribution in [0.2, 0.25) is 0 Å². The fourth-order valence-corrected chi connectivity index (χ4v) is 3.06. The first-order valence-electron chi connectivity index (χ1n) is 7.63. The fraction of sp³-hybridized carbons (Fsp3) is 0.500. The van der Waals surface area contributed by atoms with E-state index in [9.17, 15) is 9.18 Å². The van der Waals surface area contributed by atoms with Gasteiger partial charge in [-0.25, -0.2) is 9.37 Å². The maximum atomic E-state index is 13.3. The standard InChI is InChI=1S/C16H20FN3O2/c1-22-15(21)7-9-20-8-3-2-4-14(20)16-18-12-6-5-11(17)10-13(12)19-16/h5-6,10,14H,2-4,7-9H2,1H3,(H,18,19)/t14-/m0/s1. The monoisotopic (exact) mass is 305 g/mol. The van der Waals surface area contributed by atoms with Crippen molar-refractivity contribution in [1.82, 2.24) is 14.9 Å². The number of aromatic amines is 1. The fourth-order valence-electron chi connectivity index (χ4n) is 3.06. The van der Waals surface area contributed by atoms with Crippen LogP contribution in [0.3, 0.4) is 0 Å². The third kappa shape index (κ3) is 3.11. The Morgan fingerprint density at radius 2 is 2.36 bits per heavy atom. The van der Waals surface area contributed by atoms with E-state index in [1.807, 2.05) is 0 Å². The molecule has 1 saturated heterocycles. The number of carbonyl (C=O) groups excluding carboxylic acids is 1. The van der Waals surface area contributed by atoms with E-state index in [0.29, 0.717) is 18.5 Å². The number of methoxy groups -OCH3 is 1. The van der Waals surface area contributed by atoms with Gasteiger partial charge in [0.25, 0.3) is 0 Å².